The summed E-state index contributed by atoms with van der Waals surface area (Å²) in [7, 11) is 0. The van der Waals surface area contributed by atoms with Crippen LogP contribution < -0.4 is 44.2 Å². The van der Waals surface area contributed by atoms with Gasteiger partial charge in [0.15, 0.2) is 5.96 Å². The molecular weight excluding hydrogens is 741 g/mol. The first-order valence-electron chi connectivity index (χ1n) is 15.8. The minimum absolute atomic E-state index is 0.0620. The largest absolute Gasteiger partial charge is 0.370 e. The molecule has 4 atom stereocenters. The van der Waals surface area contributed by atoms with E-state index in [-0.39, 0.29) is 44.7 Å². The van der Waals surface area contributed by atoms with Gasteiger partial charge in [-0.05, 0) is 82.4 Å². The number of fused-ring (bicyclic) bond motifs is 1. The number of guanidine groups is 1. The molecule has 3 aromatic carbocycles. The maximum Gasteiger partial charge on any atom is 0.243 e. The summed E-state index contributed by atoms with van der Waals surface area (Å²) in [6, 6.07) is 16.5. The number of hydrogen-bond donors (Lipinski definition) is 8. The van der Waals surface area contributed by atoms with E-state index in [9.17, 15) is 24.0 Å². The van der Waals surface area contributed by atoms with Gasteiger partial charge in [-0.25, -0.2) is 0 Å². The molecule has 0 aliphatic rings. The lowest BCUT2D eigenvalue weighted by molar-refractivity contribution is -0.134. The number of primary amides is 1. The second-order valence-corrected chi connectivity index (χ2v) is 12.8. The Bertz CT molecular complexity index is 1650. The first-order valence-corrected chi connectivity index (χ1v) is 16.9. The van der Waals surface area contributed by atoms with Crippen molar-refractivity contribution in [2.45, 2.75) is 63.2 Å². The smallest absolute Gasteiger partial charge is 0.243 e. The molecule has 0 heterocycles. The zero-order valence-electron chi connectivity index (χ0n) is 27.3. The highest BCUT2D eigenvalue weighted by atomic mass is 127. The zero-order chi connectivity index (χ0) is 35.9. The summed E-state index contributed by atoms with van der Waals surface area (Å²) in [4.78, 5) is 69.2. The summed E-state index contributed by atoms with van der Waals surface area (Å²) in [6.45, 7) is 1.57. The number of hydrogen-bond acceptors (Lipinski definition) is 7. The van der Waals surface area contributed by atoms with Gasteiger partial charge in [0.2, 0.25) is 29.5 Å². The lowest BCUT2D eigenvalue weighted by Gasteiger charge is -2.26. The second-order valence-electron chi connectivity index (χ2n) is 11.6. The maximum atomic E-state index is 13.9. The molecule has 0 aliphatic heterocycles. The number of rotatable bonds is 18. The SMILES string of the molecule is CC(=O)N[C@H](Cc1ccc(I)cc1)C(=O)N[C@@H](CCCN=C(N)N)C(=O)N[C@@H](Cc1ccc2ccccc2c1)C(=O)N[C@@H](CCN)C(N)=O. The molecule has 0 spiro atoms. The third-order valence-electron chi connectivity index (χ3n) is 7.63. The summed E-state index contributed by atoms with van der Waals surface area (Å²) in [5.74, 6) is -3.22. The average Bonchev–Trinajstić information content (AvgIpc) is 3.05. The Morgan fingerprint density at radius 2 is 1.24 bits per heavy atom. The molecule has 14 nitrogen and oxygen atoms in total. The summed E-state index contributed by atoms with van der Waals surface area (Å²) in [6.07, 6.45) is 0.748. The number of aliphatic imine (C=N–C) groups is 1. The van der Waals surface area contributed by atoms with Crippen LogP contribution in [0.5, 0.6) is 0 Å². The van der Waals surface area contributed by atoms with Crippen molar-refractivity contribution in [2.24, 2.45) is 27.9 Å². The summed E-state index contributed by atoms with van der Waals surface area (Å²) in [5.41, 5.74) is 23.6. The molecule has 262 valence electrons. The monoisotopic (exact) mass is 785 g/mol. The van der Waals surface area contributed by atoms with E-state index in [4.69, 9.17) is 22.9 Å². The maximum absolute atomic E-state index is 13.9. The van der Waals surface area contributed by atoms with Crippen molar-refractivity contribution in [3.05, 3.63) is 81.4 Å². The van der Waals surface area contributed by atoms with Crippen molar-refractivity contribution in [2.75, 3.05) is 13.1 Å². The topological polar surface area (TPSA) is 250 Å². The quantitative estimate of drug-likeness (QED) is 0.0379. The van der Waals surface area contributed by atoms with Crippen LogP contribution in [-0.2, 0) is 36.8 Å². The van der Waals surface area contributed by atoms with Crippen LogP contribution in [0.4, 0.5) is 0 Å². The van der Waals surface area contributed by atoms with Crippen LogP contribution in [0.3, 0.4) is 0 Å². The highest BCUT2D eigenvalue weighted by Crippen LogP contribution is 2.17. The van der Waals surface area contributed by atoms with Crippen molar-refractivity contribution >= 4 is 68.9 Å². The lowest BCUT2D eigenvalue weighted by Crippen LogP contribution is -2.58. The minimum atomic E-state index is -1.16. The van der Waals surface area contributed by atoms with Crippen LogP contribution >= 0.6 is 22.6 Å². The van der Waals surface area contributed by atoms with E-state index in [1.807, 2.05) is 66.7 Å². The Hall–Kier alpha value is -4.77. The molecule has 0 unspecified atom stereocenters. The van der Waals surface area contributed by atoms with Gasteiger partial charge in [-0.1, -0.05) is 54.6 Å². The highest BCUT2D eigenvalue weighted by molar-refractivity contribution is 14.1. The van der Waals surface area contributed by atoms with Crippen molar-refractivity contribution in [1.29, 1.82) is 0 Å². The fraction of sp³-hybridized carbons (Fsp3) is 0.353. The van der Waals surface area contributed by atoms with E-state index < -0.39 is 53.7 Å². The number of amides is 5. The van der Waals surface area contributed by atoms with Crippen LogP contribution in [0, 0.1) is 3.57 Å². The van der Waals surface area contributed by atoms with E-state index >= 15 is 0 Å². The molecule has 3 aromatic rings. The van der Waals surface area contributed by atoms with E-state index in [1.54, 1.807) is 0 Å². The van der Waals surface area contributed by atoms with Crippen molar-refractivity contribution in [3.8, 4) is 0 Å². The number of nitrogens with one attached hydrogen (secondary N) is 4. The molecular formula is C34H44IN9O5. The third kappa shape index (κ3) is 13.0. The molecule has 49 heavy (non-hydrogen) atoms. The van der Waals surface area contributed by atoms with E-state index in [0.29, 0.717) is 6.42 Å². The molecule has 0 saturated heterocycles. The summed E-state index contributed by atoms with van der Waals surface area (Å²) in [5, 5.41) is 12.7. The molecule has 0 aliphatic carbocycles. The van der Waals surface area contributed by atoms with Crippen molar-refractivity contribution in [1.82, 2.24) is 21.3 Å². The predicted molar refractivity (Wildman–Crippen MR) is 197 cm³/mol. The van der Waals surface area contributed by atoms with Crippen molar-refractivity contribution in [3.63, 3.8) is 0 Å². The van der Waals surface area contributed by atoms with Gasteiger partial charge in [-0.2, -0.15) is 0 Å². The van der Waals surface area contributed by atoms with Crippen LogP contribution in [0.2, 0.25) is 0 Å². The van der Waals surface area contributed by atoms with Gasteiger partial charge < -0.3 is 44.2 Å². The molecule has 3 rings (SSSR count). The van der Waals surface area contributed by atoms with Gasteiger partial charge in [-0.3, -0.25) is 29.0 Å². The Morgan fingerprint density at radius 3 is 1.86 bits per heavy atom. The first-order chi connectivity index (χ1) is 23.4. The summed E-state index contributed by atoms with van der Waals surface area (Å²) >= 11 is 2.17. The molecule has 15 heteroatoms. The molecule has 0 bridgehead atoms. The Labute approximate surface area is 298 Å². The van der Waals surface area contributed by atoms with E-state index in [1.165, 1.54) is 6.92 Å². The molecule has 0 saturated carbocycles. The summed E-state index contributed by atoms with van der Waals surface area (Å²) < 4.78 is 1.01. The molecule has 0 aromatic heterocycles. The number of halogens is 1. The standard InChI is InChI=1S/C34H44IN9O5/c1-20(45)41-28(18-21-9-12-25(35)13-10-21)32(48)43-27(7-4-16-40-34(38)39)31(47)44-29(33(49)42-26(14-15-36)30(37)46)19-22-8-11-23-5-2-3-6-24(23)17-22/h2-3,5-6,8-13,17,26-29H,4,7,14-16,18-19,36H2,1H3,(H2,37,46)(H,41,45)(H,42,49)(H,43,48)(H,44,47)(H4,38,39,40)/t26-,27-,28+,29-/m0/s1. The van der Waals surface area contributed by atoms with Gasteiger partial charge in [0, 0.05) is 29.9 Å². The van der Waals surface area contributed by atoms with Crippen molar-refractivity contribution < 1.29 is 24.0 Å². The first kappa shape index (κ1) is 38.7. The highest BCUT2D eigenvalue weighted by Gasteiger charge is 2.31. The average molecular weight is 786 g/mol. The Kier molecular flexibility index (Phi) is 15.2. The number of carbonyl (C=O) groups is 5. The van der Waals surface area contributed by atoms with E-state index in [0.717, 1.165) is 25.5 Å². The third-order valence-corrected chi connectivity index (χ3v) is 8.35. The Balaban J connectivity index is 1.89. The predicted octanol–water partition coefficient (Wildman–Crippen LogP) is 0.0764. The fourth-order valence-electron chi connectivity index (χ4n) is 5.16. The Morgan fingerprint density at radius 1 is 0.694 bits per heavy atom. The fourth-order valence-corrected chi connectivity index (χ4v) is 5.52. The number of nitrogens with two attached hydrogens (primary N) is 4. The number of carbonyl (C=O) groups excluding carboxylic acids is 5. The van der Waals surface area contributed by atoms with Gasteiger partial charge in [0.1, 0.15) is 24.2 Å². The lowest BCUT2D eigenvalue weighted by atomic mass is 10.00. The minimum Gasteiger partial charge on any atom is -0.370 e. The molecule has 0 radical (unpaired) electrons. The zero-order valence-corrected chi connectivity index (χ0v) is 29.4. The van der Waals surface area contributed by atoms with Gasteiger partial charge in [0.25, 0.3) is 0 Å². The van der Waals surface area contributed by atoms with Gasteiger partial charge >= 0.3 is 0 Å². The second kappa shape index (κ2) is 19.3. The molecule has 5 amide bonds. The number of benzene rings is 3. The molecule has 12 N–H and O–H groups in total. The normalized spacial score (nSPS) is 13.3. The van der Waals surface area contributed by atoms with Gasteiger partial charge in [-0.15, -0.1) is 0 Å². The van der Waals surface area contributed by atoms with Crippen LogP contribution in [0.25, 0.3) is 10.8 Å². The van der Waals surface area contributed by atoms with Gasteiger partial charge in [0.05, 0.1) is 0 Å². The van der Waals surface area contributed by atoms with Crippen LogP contribution in [0.15, 0.2) is 71.7 Å². The van der Waals surface area contributed by atoms with Crippen LogP contribution in [0.1, 0.15) is 37.3 Å². The van der Waals surface area contributed by atoms with Crippen LogP contribution in [-0.4, -0.2) is 72.8 Å². The molecule has 0 fully saturated rings. The van der Waals surface area contributed by atoms with E-state index in [2.05, 4.69) is 48.9 Å². The number of nitrogens with zero attached hydrogens (tertiary/aromatic N) is 1.